The Balaban J connectivity index is 2.57. The van der Waals surface area contributed by atoms with Gasteiger partial charge >= 0.3 is 0 Å². The number of carbonyl (C=O) groups excluding carboxylic acids is 1. The number of carbonyl (C=O) groups is 1. The van der Waals surface area contributed by atoms with Gasteiger partial charge < -0.3 is 15.0 Å². The SMILES string of the molecule is Cc1cccn(CC(=O)NCC(O)C(C)(C)C)c1=O. The Kier molecular flexibility index (Phi) is 4.89. The van der Waals surface area contributed by atoms with Gasteiger partial charge in [0, 0.05) is 18.3 Å². The molecule has 0 aliphatic carbocycles. The van der Waals surface area contributed by atoms with Crippen LogP contribution in [0.5, 0.6) is 0 Å². The Morgan fingerprint density at radius 2 is 2.11 bits per heavy atom. The number of nitrogens with one attached hydrogen (secondary N) is 1. The van der Waals surface area contributed by atoms with E-state index in [9.17, 15) is 14.7 Å². The van der Waals surface area contributed by atoms with Gasteiger partial charge in [-0.3, -0.25) is 9.59 Å². The molecule has 5 heteroatoms. The van der Waals surface area contributed by atoms with Gasteiger partial charge in [0.15, 0.2) is 0 Å². The third kappa shape index (κ3) is 4.52. The molecule has 1 rings (SSSR count). The molecule has 1 heterocycles. The van der Waals surface area contributed by atoms with Crippen molar-refractivity contribution in [3.05, 3.63) is 34.2 Å². The normalized spacial score (nSPS) is 13.1. The molecule has 1 unspecified atom stereocenters. The number of amides is 1. The highest BCUT2D eigenvalue weighted by molar-refractivity contribution is 5.75. The van der Waals surface area contributed by atoms with Gasteiger partial charge in [-0.2, -0.15) is 0 Å². The molecule has 0 fully saturated rings. The molecule has 1 amide bonds. The Labute approximate surface area is 113 Å². The summed E-state index contributed by atoms with van der Waals surface area (Å²) in [5, 5.41) is 12.5. The van der Waals surface area contributed by atoms with Crippen LogP contribution < -0.4 is 10.9 Å². The van der Waals surface area contributed by atoms with E-state index in [4.69, 9.17) is 0 Å². The third-order valence-electron chi connectivity index (χ3n) is 3.02. The zero-order chi connectivity index (χ0) is 14.6. The lowest BCUT2D eigenvalue weighted by atomic mass is 9.89. The summed E-state index contributed by atoms with van der Waals surface area (Å²) < 4.78 is 1.36. The summed E-state index contributed by atoms with van der Waals surface area (Å²) in [6.07, 6.45) is 0.959. The highest BCUT2D eigenvalue weighted by atomic mass is 16.3. The van der Waals surface area contributed by atoms with Crippen LogP contribution in [0.15, 0.2) is 23.1 Å². The molecule has 0 aromatic carbocycles. The maximum atomic E-state index is 11.7. The van der Waals surface area contributed by atoms with E-state index in [1.54, 1.807) is 25.3 Å². The number of hydrogen-bond donors (Lipinski definition) is 2. The zero-order valence-electron chi connectivity index (χ0n) is 11.9. The highest BCUT2D eigenvalue weighted by Gasteiger charge is 2.22. The van der Waals surface area contributed by atoms with Gasteiger partial charge in [0.1, 0.15) is 6.54 Å². The molecular weight excluding hydrogens is 244 g/mol. The summed E-state index contributed by atoms with van der Waals surface area (Å²) in [6, 6.07) is 3.44. The van der Waals surface area contributed by atoms with Gasteiger partial charge in [0.25, 0.3) is 5.56 Å². The van der Waals surface area contributed by atoms with E-state index in [2.05, 4.69) is 5.32 Å². The van der Waals surface area contributed by atoms with Crippen molar-refractivity contribution in [3.8, 4) is 0 Å². The minimum absolute atomic E-state index is 0.0304. The van der Waals surface area contributed by atoms with Crippen LogP contribution >= 0.6 is 0 Å². The minimum Gasteiger partial charge on any atom is -0.391 e. The van der Waals surface area contributed by atoms with E-state index < -0.39 is 6.10 Å². The molecule has 1 aromatic rings. The first kappa shape index (κ1) is 15.4. The van der Waals surface area contributed by atoms with Crippen LogP contribution in [0.25, 0.3) is 0 Å². The largest absolute Gasteiger partial charge is 0.391 e. The first-order valence-electron chi connectivity index (χ1n) is 6.32. The number of aryl methyl sites for hydroxylation is 1. The predicted molar refractivity (Wildman–Crippen MR) is 73.9 cm³/mol. The Morgan fingerprint density at radius 1 is 1.47 bits per heavy atom. The van der Waals surface area contributed by atoms with Gasteiger partial charge in [0.2, 0.25) is 5.91 Å². The average Bonchev–Trinajstić information content (AvgIpc) is 2.30. The lowest BCUT2D eigenvalue weighted by Gasteiger charge is -2.25. The van der Waals surface area contributed by atoms with Crippen molar-refractivity contribution in [3.63, 3.8) is 0 Å². The number of aliphatic hydroxyl groups excluding tert-OH is 1. The van der Waals surface area contributed by atoms with Crippen molar-refractivity contribution < 1.29 is 9.90 Å². The summed E-state index contributed by atoms with van der Waals surface area (Å²) in [5.74, 6) is -0.281. The maximum Gasteiger partial charge on any atom is 0.253 e. The maximum absolute atomic E-state index is 11.7. The molecule has 0 spiro atoms. The number of aromatic nitrogens is 1. The molecule has 1 atom stereocenters. The van der Waals surface area contributed by atoms with E-state index in [-0.39, 0.29) is 30.0 Å². The second-order valence-electron chi connectivity index (χ2n) is 5.81. The topological polar surface area (TPSA) is 71.3 Å². The molecule has 1 aromatic heterocycles. The predicted octanol–water partition coefficient (Wildman–Crippen LogP) is 0.680. The van der Waals surface area contributed by atoms with Crippen LogP contribution in [-0.2, 0) is 11.3 Å². The third-order valence-corrected chi connectivity index (χ3v) is 3.02. The first-order valence-corrected chi connectivity index (χ1v) is 6.32. The van der Waals surface area contributed by atoms with Crippen molar-refractivity contribution >= 4 is 5.91 Å². The Morgan fingerprint density at radius 3 is 2.68 bits per heavy atom. The standard InChI is InChI=1S/C14H22N2O3/c1-10-6-5-7-16(13(10)19)9-12(18)15-8-11(17)14(2,3)4/h5-7,11,17H,8-9H2,1-4H3,(H,15,18). The average molecular weight is 266 g/mol. The Hall–Kier alpha value is -1.62. The minimum atomic E-state index is -0.620. The monoisotopic (exact) mass is 266 g/mol. The van der Waals surface area contributed by atoms with Gasteiger partial charge in [-0.1, -0.05) is 26.8 Å². The molecule has 19 heavy (non-hydrogen) atoms. The molecule has 5 nitrogen and oxygen atoms in total. The summed E-state index contributed by atoms with van der Waals surface area (Å²) in [6.45, 7) is 7.55. The fraction of sp³-hybridized carbons (Fsp3) is 0.571. The highest BCUT2D eigenvalue weighted by Crippen LogP contribution is 2.17. The lowest BCUT2D eigenvalue weighted by molar-refractivity contribution is -0.122. The van der Waals surface area contributed by atoms with Crippen LogP contribution in [0.1, 0.15) is 26.3 Å². The molecule has 106 valence electrons. The molecule has 0 saturated carbocycles. The summed E-state index contributed by atoms with van der Waals surface area (Å²) in [7, 11) is 0. The number of pyridine rings is 1. The van der Waals surface area contributed by atoms with E-state index >= 15 is 0 Å². The number of nitrogens with zero attached hydrogens (tertiary/aromatic N) is 1. The molecule has 0 aliphatic rings. The van der Waals surface area contributed by atoms with Crippen molar-refractivity contribution in [1.29, 1.82) is 0 Å². The van der Waals surface area contributed by atoms with Gasteiger partial charge in [-0.15, -0.1) is 0 Å². The number of rotatable bonds is 4. The van der Waals surface area contributed by atoms with Crippen LogP contribution in [0.2, 0.25) is 0 Å². The van der Waals surface area contributed by atoms with Gasteiger partial charge in [-0.25, -0.2) is 0 Å². The van der Waals surface area contributed by atoms with E-state index in [0.717, 1.165) is 0 Å². The van der Waals surface area contributed by atoms with Crippen molar-refractivity contribution in [2.24, 2.45) is 5.41 Å². The molecule has 0 saturated heterocycles. The number of hydrogen-bond acceptors (Lipinski definition) is 3. The second kappa shape index (κ2) is 6.02. The molecule has 0 bridgehead atoms. The van der Waals surface area contributed by atoms with Crippen molar-refractivity contribution in [1.82, 2.24) is 9.88 Å². The van der Waals surface area contributed by atoms with Crippen LogP contribution in [0, 0.1) is 12.3 Å². The smallest absolute Gasteiger partial charge is 0.253 e. The quantitative estimate of drug-likeness (QED) is 0.842. The fourth-order valence-electron chi connectivity index (χ4n) is 1.51. The fourth-order valence-corrected chi connectivity index (χ4v) is 1.51. The van der Waals surface area contributed by atoms with Crippen LogP contribution in [-0.4, -0.2) is 28.2 Å². The molecule has 0 aliphatic heterocycles. The van der Waals surface area contributed by atoms with Crippen molar-refractivity contribution in [2.45, 2.75) is 40.3 Å². The molecule has 2 N–H and O–H groups in total. The van der Waals surface area contributed by atoms with Crippen LogP contribution in [0.3, 0.4) is 0 Å². The van der Waals surface area contributed by atoms with Crippen molar-refractivity contribution in [2.75, 3.05) is 6.54 Å². The van der Waals surface area contributed by atoms with Gasteiger partial charge in [0.05, 0.1) is 6.10 Å². The second-order valence-corrected chi connectivity index (χ2v) is 5.81. The molecular formula is C14H22N2O3. The summed E-state index contributed by atoms with van der Waals surface area (Å²) in [4.78, 5) is 23.5. The lowest BCUT2D eigenvalue weighted by Crippen LogP contribution is -2.41. The number of aliphatic hydroxyl groups is 1. The van der Waals surface area contributed by atoms with E-state index in [0.29, 0.717) is 5.56 Å². The zero-order valence-corrected chi connectivity index (χ0v) is 11.9. The Bertz CT molecular complexity index is 500. The first-order chi connectivity index (χ1) is 8.71. The molecule has 0 radical (unpaired) electrons. The summed E-state index contributed by atoms with van der Waals surface area (Å²) >= 11 is 0. The van der Waals surface area contributed by atoms with E-state index in [1.165, 1.54) is 4.57 Å². The van der Waals surface area contributed by atoms with E-state index in [1.807, 2.05) is 20.8 Å². The summed E-state index contributed by atoms with van der Waals surface area (Å²) in [5.41, 5.74) is 0.145. The van der Waals surface area contributed by atoms with Gasteiger partial charge in [-0.05, 0) is 18.4 Å². The van der Waals surface area contributed by atoms with Crippen LogP contribution in [0.4, 0.5) is 0 Å².